The van der Waals surface area contributed by atoms with E-state index in [0.717, 1.165) is 31.7 Å². The molecule has 0 N–H and O–H groups in total. The van der Waals surface area contributed by atoms with Crippen LogP contribution < -0.4 is 4.90 Å². The standard InChI is InChI=1S/C17H21ClN4O/c1-14-11-19-21(12-14)7-3-6-20-8-9-22(17(23)13-20)16-5-2-4-15(18)10-16/h2,4-5,10-12H,3,6-9,13H2,1H3. The minimum Gasteiger partial charge on any atom is -0.310 e. The molecule has 1 aliphatic rings. The van der Waals surface area contributed by atoms with Crippen LogP contribution in [0.15, 0.2) is 36.7 Å². The number of aryl methyl sites for hydroxylation is 2. The number of aromatic nitrogens is 2. The first kappa shape index (κ1) is 16.0. The van der Waals surface area contributed by atoms with Crippen molar-refractivity contribution in [3.63, 3.8) is 0 Å². The van der Waals surface area contributed by atoms with Crippen LogP contribution in [-0.2, 0) is 11.3 Å². The molecule has 1 amide bonds. The van der Waals surface area contributed by atoms with Crippen LogP contribution in [0.3, 0.4) is 0 Å². The van der Waals surface area contributed by atoms with Crippen LogP contribution in [0.4, 0.5) is 5.69 Å². The molecule has 122 valence electrons. The monoisotopic (exact) mass is 332 g/mol. The molecule has 5 nitrogen and oxygen atoms in total. The van der Waals surface area contributed by atoms with Crippen molar-refractivity contribution >= 4 is 23.2 Å². The number of piperazine rings is 1. The Labute approximate surface area is 141 Å². The summed E-state index contributed by atoms with van der Waals surface area (Å²) in [5.41, 5.74) is 2.06. The highest BCUT2D eigenvalue weighted by Gasteiger charge is 2.24. The Morgan fingerprint density at radius 1 is 1.26 bits per heavy atom. The lowest BCUT2D eigenvalue weighted by Gasteiger charge is -2.34. The van der Waals surface area contributed by atoms with Gasteiger partial charge in [-0.1, -0.05) is 17.7 Å². The van der Waals surface area contributed by atoms with E-state index < -0.39 is 0 Å². The number of halogens is 1. The van der Waals surface area contributed by atoms with Gasteiger partial charge in [-0.15, -0.1) is 0 Å². The Hall–Kier alpha value is -1.85. The summed E-state index contributed by atoms with van der Waals surface area (Å²) < 4.78 is 1.96. The molecule has 2 heterocycles. The molecule has 0 spiro atoms. The summed E-state index contributed by atoms with van der Waals surface area (Å²) in [4.78, 5) is 16.4. The molecule has 3 rings (SSSR count). The van der Waals surface area contributed by atoms with Crippen LogP contribution in [-0.4, -0.2) is 46.8 Å². The normalized spacial score (nSPS) is 16.1. The van der Waals surface area contributed by atoms with E-state index >= 15 is 0 Å². The van der Waals surface area contributed by atoms with Gasteiger partial charge in [0.05, 0.1) is 12.7 Å². The molecule has 0 atom stereocenters. The van der Waals surface area contributed by atoms with E-state index in [4.69, 9.17) is 11.6 Å². The molecule has 1 aliphatic heterocycles. The average molecular weight is 333 g/mol. The molecular formula is C17H21ClN4O. The summed E-state index contributed by atoms with van der Waals surface area (Å²) in [5.74, 6) is 0.133. The number of carbonyl (C=O) groups is 1. The maximum Gasteiger partial charge on any atom is 0.241 e. The van der Waals surface area contributed by atoms with Crippen molar-refractivity contribution in [2.24, 2.45) is 0 Å². The molecule has 0 bridgehead atoms. The van der Waals surface area contributed by atoms with E-state index in [1.165, 1.54) is 5.56 Å². The van der Waals surface area contributed by atoms with Gasteiger partial charge in [0.15, 0.2) is 0 Å². The smallest absolute Gasteiger partial charge is 0.241 e. The molecule has 23 heavy (non-hydrogen) atoms. The van der Waals surface area contributed by atoms with Gasteiger partial charge in [0.1, 0.15) is 0 Å². The van der Waals surface area contributed by atoms with Crippen molar-refractivity contribution in [3.05, 3.63) is 47.2 Å². The number of rotatable bonds is 5. The molecule has 1 aromatic carbocycles. The van der Waals surface area contributed by atoms with Gasteiger partial charge < -0.3 is 4.90 Å². The van der Waals surface area contributed by atoms with Gasteiger partial charge >= 0.3 is 0 Å². The number of anilines is 1. The summed E-state index contributed by atoms with van der Waals surface area (Å²) in [6, 6.07) is 7.47. The Bertz CT molecular complexity index is 685. The quantitative estimate of drug-likeness (QED) is 0.845. The van der Waals surface area contributed by atoms with Crippen LogP contribution in [0.5, 0.6) is 0 Å². The van der Waals surface area contributed by atoms with E-state index in [1.807, 2.05) is 53.2 Å². The second-order valence-electron chi connectivity index (χ2n) is 5.94. The summed E-state index contributed by atoms with van der Waals surface area (Å²) in [6.45, 7) is 5.89. The van der Waals surface area contributed by atoms with E-state index in [9.17, 15) is 4.79 Å². The second kappa shape index (κ2) is 7.15. The zero-order valence-corrected chi connectivity index (χ0v) is 14.0. The molecular weight excluding hydrogens is 312 g/mol. The van der Waals surface area contributed by atoms with Gasteiger partial charge in [0, 0.05) is 43.1 Å². The minimum absolute atomic E-state index is 0.133. The summed E-state index contributed by atoms with van der Waals surface area (Å²) >= 11 is 6.01. The van der Waals surface area contributed by atoms with Gasteiger partial charge in [-0.05, 0) is 37.1 Å². The topological polar surface area (TPSA) is 41.4 Å². The zero-order valence-electron chi connectivity index (χ0n) is 13.3. The van der Waals surface area contributed by atoms with Crippen molar-refractivity contribution in [1.29, 1.82) is 0 Å². The van der Waals surface area contributed by atoms with Gasteiger partial charge in [-0.25, -0.2) is 0 Å². The van der Waals surface area contributed by atoms with Crippen LogP contribution in [0, 0.1) is 6.92 Å². The van der Waals surface area contributed by atoms with E-state index in [1.54, 1.807) is 0 Å². The van der Waals surface area contributed by atoms with Crippen molar-refractivity contribution in [3.8, 4) is 0 Å². The third-order valence-corrected chi connectivity index (χ3v) is 4.28. The predicted molar refractivity (Wildman–Crippen MR) is 91.8 cm³/mol. The molecule has 0 aliphatic carbocycles. The third-order valence-electron chi connectivity index (χ3n) is 4.04. The first-order valence-corrected chi connectivity index (χ1v) is 8.27. The summed E-state index contributed by atoms with van der Waals surface area (Å²) in [6.07, 6.45) is 4.90. The Morgan fingerprint density at radius 3 is 2.83 bits per heavy atom. The Kier molecular flexibility index (Phi) is 4.98. The van der Waals surface area contributed by atoms with Crippen LogP contribution in [0.25, 0.3) is 0 Å². The molecule has 6 heteroatoms. The lowest BCUT2D eigenvalue weighted by molar-refractivity contribution is -0.121. The lowest BCUT2D eigenvalue weighted by Crippen LogP contribution is -2.50. The number of hydrogen-bond acceptors (Lipinski definition) is 3. The fourth-order valence-electron chi connectivity index (χ4n) is 2.88. The highest BCUT2D eigenvalue weighted by Crippen LogP contribution is 2.21. The van der Waals surface area contributed by atoms with E-state index in [-0.39, 0.29) is 5.91 Å². The van der Waals surface area contributed by atoms with Gasteiger partial charge in [0.25, 0.3) is 0 Å². The molecule has 0 saturated carbocycles. The van der Waals surface area contributed by atoms with Crippen molar-refractivity contribution < 1.29 is 4.79 Å². The van der Waals surface area contributed by atoms with E-state index in [2.05, 4.69) is 10.00 Å². The summed E-state index contributed by atoms with van der Waals surface area (Å²) in [5, 5.41) is 4.94. The first-order valence-electron chi connectivity index (χ1n) is 7.89. The van der Waals surface area contributed by atoms with Crippen molar-refractivity contribution in [2.45, 2.75) is 19.9 Å². The number of hydrogen-bond donors (Lipinski definition) is 0. The lowest BCUT2D eigenvalue weighted by atomic mass is 10.2. The molecule has 0 radical (unpaired) electrons. The predicted octanol–water partition coefficient (Wildman–Crippen LogP) is 2.58. The number of carbonyl (C=O) groups excluding carboxylic acids is 1. The zero-order chi connectivity index (χ0) is 16.2. The SMILES string of the molecule is Cc1cnn(CCCN2CCN(c3cccc(Cl)c3)C(=O)C2)c1. The van der Waals surface area contributed by atoms with E-state index in [0.29, 0.717) is 18.1 Å². The Balaban J connectivity index is 1.49. The van der Waals surface area contributed by atoms with Crippen LogP contribution in [0.1, 0.15) is 12.0 Å². The Morgan fingerprint density at radius 2 is 2.13 bits per heavy atom. The largest absolute Gasteiger partial charge is 0.310 e. The fraction of sp³-hybridized carbons (Fsp3) is 0.412. The molecule has 1 fully saturated rings. The highest BCUT2D eigenvalue weighted by atomic mass is 35.5. The fourth-order valence-corrected chi connectivity index (χ4v) is 3.06. The second-order valence-corrected chi connectivity index (χ2v) is 6.37. The molecule has 1 aromatic heterocycles. The maximum absolute atomic E-state index is 12.4. The van der Waals surface area contributed by atoms with Crippen LogP contribution >= 0.6 is 11.6 Å². The van der Waals surface area contributed by atoms with Crippen molar-refractivity contribution in [1.82, 2.24) is 14.7 Å². The summed E-state index contributed by atoms with van der Waals surface area (Å²) in [7, 11) is 0. The number of benzene rings is 1. The number of amides is 1. The van der Waals surface area contributed by atoms with Crippen LogP contribution in [0.2, 0.25) is 5.02 Å². The van der Waals surface area contributed by atoms with Crippen molar-refractivity contribution in [2.75, 3.05) is 31.1 Å². The highest BCUT2D eigenvalue weighted by molar-refractivity contribution is 6.30. The van der Waals surface area contributed by atoms with Gasteiger partial charge in [0.2, 0.25) is 5.91 Å². The average Bonchev–Trinajstić information content (AvgIpc) is 2.93. The molecule has 1 saturated heterocycles. The molecule has 0 unspecified atom stereocenters. The van der Waals surface area contributed by atoms with Gasteiger partial charge in [-0.3, -0.25) is 14.4 Å². The maximum atomic E-state index is 12.4. The molecule has 2 aromatic rings. The third kappa shape index (κ3) is 4.12. The van der Waals surface area contributed by atoms with Gasteiger partial charge in [-0.2, -0.15) is 5.10 Å². The first-order chi connectivity index (χ1) is 11.1. The number of nitrogens with zero attached hydrogens (tertiary/aromatic N) is 4. The minimum atomic E-state index is 0.133.